The summed E-state index contributed by atoms with van der Waals surface area (Å²) >= 11 is 0. The summed E-state index contributed by atoms with van der Waals surface area (Å²) in [5.74, 6) is 0.598. The van der Waals surface area contributed by atoms with Crippen LogP contribution in [0.4, 0.5) is 0 Å². The van der Waals surface area contributed by atoms with Gasteiger partial charge < -0.3 is 5.32 Å². The largest absolute Gasteiger partial charge is 0.352 e. The maximum Gasteiger partial charge on any atom is 0.224 e. The molecule has 1 aromatic heterocycles. The zero-order chi connectivity index (χ0) is 15.6. The molecule has 0 aliphatic heterocycles. The van der Waals surface area contributed by atoms with E-state index in [2.05, 4.69) is 52.8 Å². The third kappa shape index (κ3) is 2.82. The second-order valence-electron chi connectivity index (χ2n) is 6.09. The van der Waals surface area contributed by atoms with Crippen molar-refractivity contribution < 1.29 is 4.79 Å². The van der Waals surface area contributed by atoms with Crippen LogP contribution in [0.15, 0.2) is 67.0 Å². The zero-order valence-corrected chi connectivity index (χ0v) is 12.8. The second kappa shape index (κ2) is 5.84. The van der Waals surface area contributed by atoms with Crippen LogP contribution >= 0.6 is 0 Å². The van der Waals surface area contributed by atoms with Gasteiger partial charge in [0.15, 0.2) is 0 Å². The zero-order valence-electron chi connectivity index (χ0n) is 12.8. The molecule has 3 aromatic rings. The molecule has 2 aromatic carbocycles. The molecule has 0 spiro atoms. The maximum absolute atomic E-state index is 12.4. The van der Waals surface area contributed by atoms with Crippen molar-refractivity contribution >= 4 is 16.7 Å². The van der Waals surface area contributed by atoms with Crippen molar-refractivity contribution in [2.45, 2.75) is 18.9 Å². The van der Waals surface area contributed by atoms with Gasteiger partial charge in [0.1, 0.15) is 0 Å². The molecule has 1 N–H and O–H groups in total. The summed E-state index contributed by atoms with van der Waals surface area (Å²) in [7, 11) is 0. The van der Waals surface area contributed by atoms with E-state index < -0.39 is 0 Å². The first kappa shape index (κ1) is 13.9. The lowest BCUT2D eigenvalue weighted by molar-refractivity contribution is -0.122. The molecule has 1 aliphatic carbocycles. The fourth-order valence-electron chi connectivity index (χ4n) is 3.22. The summed E-state index contributed by atoms with van der Waals surface area (Å²) in [4.78, 5) is 16.4. The van der Waals surface area contributed by atoms with Gasteiger partial charge in [0.05, 0.1) is 0 Å². The molecule has 1 heterocycles. The van der Waals surface area contributed by atoms with Crippen molar-refractivity contribution in [3.05, 3.63) is 78.1 Å². The standard InChI is InChI=1S/C20H18N2O/c23-20(22-13-14-8-10-21-11-9-14)19-12-18(19)17-7-3-5-15-4-1-2-6-16(15)17/h1-11,18-19H,12-13H2,(H,22,23)/t18-,19-/m0/s1. The number of amides is 1. The number of nitrogens with zero attached hydrogens (tertiary/aromatic N) is 1. The minimum Gasteiger partial charge on any atom is -0.352 e. The van der Waals surface area contributed by atoms with Gasteiger partial charge in [-0.25, -0.2) is 0 Å². The number of hydrogen-bond acceptors (Lipinski definition) is 2. The molecule has 1 saturated carbocycles. The average molecular weight is 302 g/mol. The molecule has 1 aliphatic rings. The van der Waals surface area contributed by atoms with Crippen LogP contribution in [-0.2, 0) is 11.3 Å². The fourth-order valence-corrected chi connectivity index (χ4v) is 3.22. The predicted octanol–water partition coefficient (Wildman–Crippen LogP) is 3.65. The third-order valence-electron chi connectivity index (χ3n) is 4.57. The first-order valence-electron chi connectivity index (χ1n) is 7.97. The van der Waals surface area contributed by atoms with E-state index in [1.807, 2.05) is 12.1 Å². The summed E-state index contributed by atoms with van der Waals surface area (Å²) < 4.78 is 0. The molecule has 0 unspecified atom stereocenters. The SMILES string of the molecule is O=C(NCc1ccncc1)[C@H]1C[C@H]1c1cccc2ccccc12. The number of carbonyl (C=O) groups excluding carboxylic acids is 1. The van der Waals surface area contributed by atoms with Gasteiger partial charge in [-0.3, -0.25) is 9.78 Å². The molecule has 114 valence electrons. The van der Waals surface area contributed by atoms with Crippen LogP contribution in [0.2, 0.25) is 0 Å². The number of nitrogens with one attached hydrogen (secondary N) is 1. The van der Waals surface area contributed by atoms with Gasteiger partial charge in [-0.05, 0) is 46.4 Å². The molecule has 3 nitrogen and oxygen atoms in total. The minimum atomic E-state index is 0.0997. The van der Waals surface area contributed by atoms with Crippen molar-refractivity contribution in [3.8, 4) is 0 Å². The number of rotatable bonds is 4. The van der Waals surface area contributed by atoms with Crippen LogP contribution in [0.3, 0.4) is 0 Å². The van der Waals surface area contributed by atoms with Crippen LogP contribution in [0.25, 0.3) is 10.8 Å². The minimum absolute atomic E-state index is 0.0997. The van der Waals surface area contributed by atoms with Gasteiger partial charge >= 0.3 is 0 Å². The lowest BCUT2D eigenvalue weighted by Gasteiger charge is -2.07. The molecule has 1 amide bonds. The molecule has 3 heteroatoms. The number of pyridine rings is 1. The second-order valence-corrected chi connectivity index (χ2v) is 6.09. The van der Waals surface area contributed by atoms with Gasteiger partial charge in [-0.15, -0.1) is 0 Å². The molecule has 1 fully saturated rings. The van der Waals surface area contributed by atoms with Gasteiger partial charge in [-0.2, -0.15) is 0 Å². The number of fused-ring (bicyclic) bond motifs is 1. The fraction of sp³-hybridized carbons (Fsp3) is 0.200. The van der Waals surface area contributed by atoms with Crippen molar-refractivity contribution in [2.24, 2.45) is 5.92 Å². The first-order valence-corrected chi connectivity index (χ1v) is 7.97. The third-order valence-corrected chi connectivity index (χ3v) is 4.57. The van der Waals surface area contributed by atoms with E-state index in [1.165, 1.54) is 16.3 Å². The summed E-state index contributed by atoms with van der Waals surface area (Å²) in [5.41, 5.74) is 2.38. The number of aromatic nitrogens is 1. The summed E-state index contributed by atoms with van der Waals surface area (Å²) in [6, 6.07) is 18.6. The van der Waals surface area contributed by atoms with E-state index in [9.17, 15) is 4.79 Å². The topological polar surface area (TPSA) is 42.0 Å². The smallest absolute Gasteiger partial charge is 0.224 e. The van der Waals surface area contributed by atoms with Crippen molar-refractivity contribution in [3.63, 3.8) is 0 Å². The summed E-state index contributed by atoms with van der Waals surface area (Å²) in [6.07, 6.45) is 4.44. The van der Waals surface area contributed by atoms with Gasteiger partial charge in [-0.1, -0.05) is 42.5 Å². The Morgan fingerprint density at radius 2 is 1.83 bits per heavy atom. The van der Waals surface area contributed by atoms with E-state index in [0.717, 1.165) is 12.0 Å². The van der Waals surface area contributed by atoms with Crippen LogP contribution in [0.5, 0.6) is 0 Å². The highest BCUT2D eigenvalue weighted by Crippen LogP contribution is 2.49. The molecule has 0 saturated heterocycles. The van der Waals surface area contributed by atoms with Gasteiger partial charge in [0.25, 0.3) is 0 Å². The Bertz CT molecular complexity index is 839. The summed E-state index contributed by atoms with van der Waals surface area (Å²) in [5, 5.41) is 5.55. The first-order chi connectivity index (χ1) is 11.3. The average Bonchev–Trinajstić information content (AvgIpc) is 3.41. The molecule has 0 radical (unpaired) electrons. The number of benzene rings is 2. The Morgan fingerprint density at radius 1 is 1.04 bits per heavy atom. The Hall–Kier alpha value is -2.68. The molecule has 23 heavy (non-hydrogen) atoms. The van der Waals surface area contributed by atoms with Crippen molar-refractivity contribution in [1.82, 2.24) is 10.3 Å². The van der Waals surface area contributed by atoms with Crippen LogP contribution in [0, 0.1) is 5.92 Å². The lowest BCUT2D eigenvalue weighted by atomic mass is 10.00. The van der Waals surface area contributed by atoms with Crippen molar-refractivity contribution in [2.75, 3.05) is 0 Å². The highest BCUT2D eigenvalue weighted by Gasteiger charge is 2.44. The predicted molar refractivity (Wildman–Crippen MR) is 90.9 cm³/mol. The van der Waals surface area contributed by atoms with Crippen LogP contribution in [0.1, 0.15) is 23.5 Å². The van der Waals surface area contributed by atoms with E-state index in [1.54, 1.807) is 12.4 Å². The summed E-state index contributed by atoms with van der Waals surface area (Å²) in [6.45, 7) is 0.570. The van der Waals surface area contributed by atoms with E-state index in [-0.39, 0.29) is 11.8 Å². The molecular formula is C20H18N2O. The Labute approximate surface area is 135 Å². The van der Waals surface area contributed by atoms with E-state index in [4.69, 9.17) is 0 Å². The lowest BCUT2D eigenvalue weighted by Crippen LogP contribution is -2.24. The normalized spacial score (nSPS) is 19.5. The Kier molecular flexibility index (Phi) is 3.54. The highest BCUT2D eigenvalue weighted by molar-refractivity contribution is 5.89. The molecule has 4 rings (SSSR count). The maximum atomic E-state index is 12.4. The van der Waals surface area contributed by atoms with Gasteiger partial charge in [0.2, 0.25) is 5.91 Å². The Morgan fingerprint density at radius 3 is 2.70 bits per heavy atom. The number of carbonyl (C=O) groups is 1. The number of hydrogen-bond donors (Lipinski definition) is 1. The van der Waals surface area contributed by atoms with Crippen LogP contribution in [-0.4, -0.2) is 10.9 Å². The molecule has 0 bridgehead atoms. The molecule has 2 atom stereocenters. The van der Waals surface area contributed by atoms with E-state index >= 15 is 0 Å². The van der Waals surface area contributed by atoms with E-state index in [0.29, 0.717) is 12.5 Å². The highest BCUT2D eigenvalue weighted by atomic mass is 16.2. The Balaban J connectivity index is 1.46. The monoisotopic (exact) mass is 302 g/mol. The van der Waals surface area contributed by atoms with Crippen LogP contribution < -0.4 is 5.32 Å². The quantitative estimate of drug-likeness (QED) is 0.799. The molecular weight excluding hydrogens is 284 g/mol. The van der Waals surface area contributed by atoms with Gasteiger partial charge in [0, 0.05) is 24.9 Å². The van der Waals surface area contributed by atoms with Crippen molar-refractivity contribution in [1.29, 1.82) is 0 Å².